The van der Waals surface area contributed by atoms with Crippen LogP contribution in [0.15, 0.2) is 29.5 Å². The van der Waals surface area contributed by atoms with Crippen LogP contribution in [0.3, 0.4) is 0 Å². The number of halogens is 1. The molecule has 0 aliphatic heterocycles. The molecule has 2 rings (SSSR count). The summed E-state index contributed by atoms with van der Waals surface area (Å²) in [6.07, 6.45) is 3.89. The fourth-order valence-electron chi connectivity index (χ4n) is 4.47. The van der Waals surface area contributed by atoms with Crippen LogP contribution < -0.4 is 5.62 Å². The van der Waals surface area contributed by atoms with Crippen LogP contribution in [0.25, 0.3) is 0 Å². The van der Waals surface area contributed by atoms with Gasteiger partial charge >= 0.3 is 12.1 Å². The Labute approximate surface area is 272 Å². The molecule has 0 saturated carbocycles. The molecule has 0 unspecified atom stereocenters. The summed E-state index contributed by atoms with van der Waals surface area (Å²) in [5, 5.41) is 21.9. The van der Waals surface area contributed by atoms with Gasteiger partial charge in [0.05, 0.1) is 17.6 Å². The number of nitrogens with zero attached hydrogens (tertiary/aromatic N) is 3. The van der Waals surface area contributed by atoms with Crippen LogP contribution in [-0.2, 0) is 38.2 Å². The summed E-state index contributed by atoms with van der Waals surface area (Å²) in [7, 11) is 0. The summed E-state index contributed by atoms with van der Waals surface area (Å²) in [6.45, 7) is 20.4. The fraction of sp³-hybridized carbons (Fsp3) is 0.636. The topological polar surface area (TPSA) is 132 Å². The maximum atomic E-state index is 13.7. The van der Waals surface area contributed by atoms with E-state index in [-0.39, 0.29) is 40.7 Å². The van der Waals surface area contributed by atoms with Crippen molar-refractivity contribution < 1.29 is 34.1 Å². The Morgan fingerprint density at radius 2 is 1.34 bits per heavy atom. The highest BCUT2D eigenvalue weighted by Crippen LogP contribution is 2.40. The summed E-state index contributed by atoms with van der Waals surface area (Å²) < 4.78 is 13.3. The van der Waals surface area contributed by atoms with E-state index >= 15 is 0 Å². The molecule has 0 atom stereocenters. The van der Waals surface area contributed by atoms with Gasteiger partial charge < -0.3 is 28.8 Å². The van der Waals surface area contributed by atoms with Crippen molar-refractivity contribution in [1.29, 1.82) is 0 Å². The van der Waals surface area contributed by atoms with Crippen LogP contribution in [0.1, 0.15) is 117 Å². The number of phenolic OH excluding ortho intramolecular Hbond substituents is 1. The van der Waals surface area contributed by atoms with Crippen LogP contribution in [0.2, 0.25) is 0 Å². The third kappa shape index (κ3) is 10.3. The number of hydrogen-bond donors (Lipinski definition) is 2. The summed E-state index contributed by atoms with van der Waals surface area (Å²) >= 11 is 0. The van der Waals surface area contributed by atoms with Crippen LogP contribution in [0.5, 0.6) is 5.75 Å². The molecule has 0 aliphatic rings. The number of carbonyl (C=O) groups excluding carboxylic acids is 3. The number of aromatic nitrogens is 2. The first-order valence-corrected chi connectivity index (χ1v) is 14.9. The van der Waals surface area contributed by atoms with Crippen LogP contribution >= 0.6 is 17.0 Å². The van der Waals surface area contributed by atoms with Gasteiger partial charge in [-0.15, -0.1) is 22.0 Å². The van der Waals surface area contributed by atoms with E-state index in [0.29, 0.717) is 42.5 Å². The maximum absolute atomic E-state index is 13.7. The van der Waals surface area contributed by atoms with Crippen molar-refractivity contribution >= 4 is 34.8 Å². The summed E-state index contributed by atoms with van der Waals surface area (Å²) in [5.74, 6) is -0.581. The van der Waals surface area contributed by atoms with Crippen molar-refractivity contribution in [2.45, 2.75) is 125 Å². The largest absolute Gasteiger partial charge is 0.507 e. The number of esters is 1. The molecule has 11 heteroatoms. The Morgan fingerprint density at radius 1 is 0.841 bits per heavy atom. The molecule has 2 N–H and O–H groups in total. The Kier molecular flexibility index (Phi) is 13.2. The van der Waals surface area contributed by atoms with Crippen molar-refractivity contribution in [3.63, 3.8) is 0 Å². The Bertz CT molecular complexity index is 1350. The molecule has 0 spiro atoms. The van der Waals surface area contributed by atoms with Crippen molar-refractivity contribution in [3.05, 3.63) is 46.8 Å². The molecule has 0 radical (unpaired) electrons. The number of Topliss-reactive ketones (excluding diaryl/α,β-unsaturated/α-hetero) is 1. The van der Waals surface area contributed by atoms with E-state index in [9.17, 15) is 24.6 Å². The van der Waals surface area contributed by atoms with E-state index in [0.717, 1.165) is 0 Å². The summed E-state index contributed by atoms with van der Waals surface area (Å²) in [5.41, 5.74) is -0.541. The van der Waals surface area contributed by atoms with Gasteiger partial charge in [0.15, 0.2) is 5.78 Å². The Hall–Kier alpha value is -2.92. The van der Waals surface area contributed by atoms with Gasteiger partial charge in [0.1, 0.15) is 5.75 Å². The van der Waals surface area contributed by atoms with Crippen LogP contribution in [0.4, 0.5) is 4.79 Å². The van der Waals surface area contributed by atoms with Crippen molar-refractivity contribution in [1.82, 2.24) is 9.13 Å². The lowest BCUT2D eigenvalue weighted by atomic mass is 9.78. The first-order chi connectivity index (χ1) is 19.6. The number of benzene rings is 1. The molecule has 44 heavy (non-hydrogen) atoms. The second-order valence-corrected chi connectivity index (χ2v) is 14.3. The highest BCUT2D eigenvalue weighted by molar-refractivity contribution is 8.93. The minimum Gasteiger partial charge on any atom is -0.507 e. The standard InChI is InChI=1S/C33H51N3O7.BrH/c1-12-33(41,13-2)14-15-35-16-17-36(28(35)34-29(40)43-21-42-27(39)32(9,10)11)20-25(37)22-18-23(30(3,4)5)26(38)24(19-22)31(6,7)8;/h16-19,38,41H,12-15,20-21H2,1-11H3;1H/b34-28+;. The fourth-order valence-corrected chi connectivity index (χ4v) is 4.47. The zero-order valence-electron chi connectivity index (χ0n) is 28.2. The molecule has 0 aliphatic carbocycles. The predicted molar refractivity (Wildman–Crippen MR) is 175 cm³/mol. The van der Waals surface area contributed by atoms with E-state index in [1.807, 2.05) is 55.4 Å². The number of ketones is 1. The predicted octanol–water partition coefficient (Wildman–Crippen LogP) is 6.58. The van der Waals surface area contributed by atoms with E-state index in [1.165, 1.54) is 0 Å². The lowest BCUT2D eigenvalue weighted by Crippen LogP contribution is -2.34. The first-order valence-electron chi connectivity index (χ1n) is 14.9. The molecular weight excluding hydrogens is 630 g/mol. The third-order valence-corrected chi connectivity index (χ3v) is 7.61. The number of phenols is 1. The van der Waals surface area contributed by atoms with Gasteiger partial charge in [-0.2, -0.15) is 0 Å². The normalized spacial score (nSPS) is 13.0. The van der Waals surface area contributed by atoms with Gasteiger partial charge in [0.25, 0.3) is 0 Å². The minimum atomic E-state index is -0.987. The van der Waals surface area contributed by atoms with Gasteiger partial charge in [0, 0.05) is 35.6 Å². The van der Waals surface area contributed by atoms with Crippen molar-refractivity contribution in [3.8, 4) is 5.75 Å². The molecule has 1 heterocycles. The van der Waals surface area contributed by atoms with Gasteiger partial charge in [-0.25, -0.2) is 4.79 Å². The molecule has 1 aromatic carbocycles. The molecule has 0 bridgehead atoms. The lowest BCUT2D eigenvalue weighted by Gasteiger charge is -2.28. The molecule has 10 nitrogen and oxygen atoms in total. The number of amides is 1. The minimum absolute atomic E-state index is 0. The second kappa shape index (κ2) is 14.9. The number of aromatic hydroxyl groups is 1. The van der Waals surface area contributed by atoms with E-state index in [4.69, 9.17) is 9.47 Å². The molecule has 0 saturated heterocycles. The zero-order valence-corrected chi connectivity index (χ0v) is 30.0. The lowest BCUT2D eigenvalue weighted by molar-refractivity contribution is -0.161. The summed E-state index contributed by atoms with van der Waals surface area (Å²) in [6, 6.07) is 3.45. The van der Waals surface area contributed by atoms with Gasteiger partial charge in [-0.1, -0.05) is 55.4 Å². The highest BCUT2D eigenvalue weighted by atomic mass is 79.9. The molecule has 2 aromatic rings. The summed E-state index contributed by atoms with van der Waals surface area (Å²) in [4.78, 5) is 42.5. The quantitative estimate of drug-likeness (QED) is 0.165. The monoisotopic (exact) mass is 681 g/mol. The number of aryl methyl sites for hydroxylation is 1. The van der Waals surface area contributed by atoms with Crippen LogP contribution in [0, 0.1) is 5.41 Å². The highest BCUT2D eigenvalue weighted by Gasteiger charge is 2.28. The number of ether oxygens (including phenoxy) is 2. The number of rotatable bonds is 10. The average Bonchev–Trinajstić information content (AvgIpc) is 3.25. The maximum Gasteiger partial charge on any atom is 0.439 e. The van der Waals surface area contributed by atoms with E-state index < -0.39 is 40.7 Å². The SMILES string of the molecule is Br.CCC(O)(CC)CCn1ccn(CC(=O)c2cc(C(C)(C)C)c(O)c(C(C)(C)C)c2)/c1=N/C(=O)OCOC(=O)C(C)(C)C. The first kappa shape index (κ1) is 39.1. The molecule has 1 amide bonds. The average molecular weight is 683 g/mol. The van der Waals surface area contributed by atoms with Gasteiger partial charge in [-0.05, 0) is 63.0 Å². The number of aliphatic hydroxyl groups is 1. The van der Waals surface area contributed by atoms with Gasteiger partial charge in [0.2, 0.25) is 12.4 Å². The van der Waals surface area contributed by atoms with Crippen molar-refractivity contribution in [2.75, 3.05) is 6.79 Å². The smallest absolute Gasteiger partial charge is 0.439 e. The van der Waals surface area contributed by atoms with Crippen LogP contribution in [-0.4, -0.2) is 49.6 Å². The number of hydrogen-bond acceptors (Lipinski definition) is 7. The zero-order chi connectivity index (χ0) is 33.0. The number of imidazole rings is 1. The second-order valence-electron chi connectivity index (χ2n) is 14.3. The molecule has 0 fully saturated rings. The van der Waals surface area contributed by atoms with Gasteiger partial charge in [-0.3, -0.25) is 9.59 Å². The van der Waals surface area contributed by atoms with E-state index in [2.05, 4.69) is 4.99 Å². The number of carbonyl (C=O) groups is 3. The van der Waals surface area contributed by atoms with Crippen molar-refractivity contribution in [2.24, 2.45) is 10.4 Å². The molecule has 1 aromatic heterocycles. The Balaban J connectivity index is 0.00000968. The van der Waals surface area contributed by atoms with E-state index in [1.54, 1.807) is 54.4 Å². The molecule has 248 valence electrons. The third-order valence-electron chi connectivity index (χ3n) is 7.61. The molecular formula is C33H52BrN3O7. The Morgan fingerprint density at radius 3 is 1.80 bits per heavy atom.